The van der Waals surface area contributed by atoms with E-state index < -0.39 is 106 Å². The fraction of sp³-hybridized carbons (Fsp3) is 0.750. The molecule has 1 aromatic heterocycles. The molecule has 41 heavy (non-hydrogen) atoms. The largest absolute Gasteiger partial charge is 0.475 e. The van der Waals surface area contributed by atoms with Gasteiger partial charge in [0.05, 0.1) is 25.4 Å². The lowest BCUT2D eigenvalue weighted by Gasteiger charge is -2.47. The van der Waals surface area contributed by atoms with E-state index in [1.807, 2.05) is 0 Å². The number of carbonyl (C=O) groups is 1. The number of ether oxygens (including phenoxy) is 2. The van der Waals surface area contributed by atoms with Gasteiger partial charge in [-0.05, 0) is 6.07 Å². The molecule has 3 saturated heterocycles. The van der Waals surface area contributed by atoms with E-state index in [0.717, 1.165) is 17.7 Å². The van der Waals surface area contributed by atoms with Crippen LogP contribution in [0.25, 0.3) is 0 Å². The number of nitrogens with two attached hydrogens (primary N) is 1. The number of amides is 1. The third-order valence-electron chi connectivity index (χ3n) is 6.57. The van der Waals surface area contributed by atoms with E-state index in [1.165, 1.54) is 6.07 Å². The second kappa shape index (κ2) is 12.2. The average molecular weight is 614 g/mol. The van der Waals surface area contributed by atoms with Crippen LogP contribution in [-0.4, -0.2) is 125 Å². The third-order valence-corrected chi connectivity index (χ3v) is 7.59. The van der Waals surface area contributed by atoms with Gasteiger partial charge < -0.3 is 56.1 Å². The molecule has 0 saturated carbocycles. The minimum Gasteiger partial charge on any atom is -0.394 e. The molecule has 0 radical (unpaired) electrons. The van der Waals surface area contributed by atoms with Crippen LogP contribution < -0.4 is 16.7 Å². The van der Waals surface area contributed by atoms with Crippen LogP contribution in [0.1, 0.15) is 19.6 Å². The van der Waals surface area contributed by atoms with Gasteiger partial charge in [-0.15, -0.1) is 0 Å². The SMILES string of the molecule is CC(=O)NC1C(O)CC(OP(=O)(O)OCC2OC(n3ccc(N)nc3=O)C(O)C2O)(C2OO2)OC1C(O)C(O)CO. The van der Waals surface area contributed by atoms with Crippen LogP contribution in [0, 0.1) is 0 Å². The highest BCUT2D eigenvalue weighted by molar-refractivity contribution is 7.47. The summed E-state index contributed by atoms with van der Waals surface area (Å²) in [5.41, 5.74) is 4.54. The first-order valence-corrected chi connectivity index (χ1v) is 13.6. The number of phosphoric acid groups is 1. The number of aromatic nitrogens is 2. The quantitative estimate of drug-likeness (QED) is 0.0639. The molecule has 3 fully saturated rings. The summed E-state index contributed by atoms with van der Waals surface area (Å²) in [4.78, 5) is 47.2. The van der Waals surface area contributed by atoms with Crippen molar-refractivity contribution in [1.82, 2.24) is 14.9 Å². The summed E-state index contributed by atoms with van der Waals surface area (Å²) in [6.45, 7) is -0.736. The first kappa shape index (κ1) is 31.8. The number of nitrogen functional groups attached to an aromatic ring is 1. The Morgan fingerprint density at radius 1 is 1.32 bits per heavy atom. The molecule has 4 heterocycles. The number of aliphatic hydroxyl groups excluding tert-OH is 6. The van der Waals surface area contributed by atoms with Crippen molar-refractivity contribution in [2.45, 2.75) is 80.4 Å². The highest BCUT2D eigenvalue weighted by Gasteiger charge is 2.63. The highest BCUT2D eigenvalue weighted by Crippen LogP contribution is 2.54. The first-order valence-electron chi connectivity index (χ1n) is 12.1. The van der Waals surface area contributed by atoms with Gasteiger partial charge in [-0.3, -0.25) is 13.9 Å². The molecule has 0 spiro atoms. The zero-order valence-electron chi connectivity index (χ0n) is 21.3. The zero-order valence-corrected chi connectivity index (χ0v) is 22.2. The summed E-state index contributed by atoms with van der Waals surface area (Å²) in [7, 11) is -5.26. The lowest BCUT2D eigenvalue weighted by Crippen LogP contribution is -2.67. The van der Waals surface area contributed by atoms with Crippen molar-refractivity contribution in [3.8, 4) is 0 Å². The lowest BCUT2D eigenvalue weighted by molar-refractivity contribution is -0.303. The summed E-state index contributed by atoms with van der Waals surface area (Å²) in [5, 5.41) is 63.6. The van der Waals surface area contributed by atoms with E-state index in [-0.39, 0.29) is 5.82 Å². The third kappa shape index (κ3) is 6.92. The van der Waals surface area contributed by atoms with Crippen LogP contribution in [-0.2, 0) is 37.7 Å². The fourth-order valence-corrected chi connectivity index (χ4v) is 5.53. The average Bonchev–Trinajstić information content (AvgIpc) is 3.71. The Hall–Kier alpha value is -2.14. The Balaban J connectivity index is 1.49. The van der Waals surface area contributed by atoms with Crippen molar-refractivity contribution < 1.29 is 73.2 Å². The summed E-state index contributed by atoms with van der Waals surface area (Å²) in [5.74, 6) is -3.22. The molecule has 3 aliphatic rings. The summed E-state index contributed by atoms with van der Waals surface area (Å²) >= 11 is 0. The summed E-state index contributed by atoms with van der Waals surface area (Å²) in [6.07, 6.45) is -14.6. The van der Waals surface area contributed by atoms with E-state index in [1.54, 1.807) is 0 Å². The normalized spacial score (nSPS) is 36.8. The van der Waals surface area contributed by atoms with E-state index in [4.69, 9.17) is 34.0 Å². The van der Waals surface area contributed by atoms with Gasteiger partial charge in [-0.2, -0.15) is 14.8 Å². The molecule has 3 aliphatic heterocycles. The molecule has 21 heteroatoms. The number of carbonyl (C=O) groups excluding carboxylic acids is 1. The minimum absolute atomic E-state index is 0.103. The van der Waals surface area contributed by atoms with Crippen LogP contribution in [0.2, 0.25) is 0 Å². The van der Waals surface area contributed by atoms with Gasteiger partial charge >= 0.3 is 13.5 Å². The second-order valence-corrected chi connectivity index (χ2v) is 11.0. The van der Waals surface area contributed by atoms with Crippen molar-refractivity contribution in [2.24, 2.45) is 0 Å². The zero-order chi connectivity index (χ0) is 30.3. The van der Waals surface area contributed by atoms with Crippen LogP contribution in [0.4, 0.5) is 5.82 Å². The number of hydrogen-bond donors (Lipinski definition) is 9. The Bertz CT molecular complexity index is 1200. The number of anilines is 1. The van der Waals surface area contributed by atoms with Gasteiger partial charge in [0.1, 0.15) is 42.4 Å². The highest BCUT2D eigenvalue weighted by atomic mass is 31.2. The van der Waals surface area contributed by atoms with Gasteiger partial charge in [0.2, 0.25) is 11.7 Å². The van der Waals surface area contributed by atoms with E-state index in [0.29, 0.717) is 0 Å². The Labute approximate surface area is 230 Å². The van der Waals surface area contributed by atoms with Gasteiger partial charge in [-0.1, -0.05) is 0 Å². The van der Waals surface area contributed by atoms with Gasteiger partial charge in [0, 0.05) is 19.5 Å². The summed E-state index contributed by atoms with van der Waals surface area (Å²) < 4.78 is 35.0. The van der Waals surface area contributed by atoms with Crippen molar-refractivity contribution in [3.05, 3.63) is 22.7 Å². The maximum atomic E-state index is 13.0. The number of phosphoric ester groups is 1. The molecule has 1 aromatic rings. The number of hydrogen-bond acceptors (Lipinski definition) is 17. The van der Waals surface area contributed by atoms with Crippen molar-refractivity contribution in [3.63, 3.8) is 0 Å². The molecule has 232 valence electrons. The van der Waals surface area contributed by atoms with E-state index in [9.17, 15) is 49.7 Å². The summed E-state index contributed by atoms with van der Waals surface area (Å²) in [6, 6.07) is -0.145. The predicted molar refractivity (Wildman–Crippen MR) is 127 cm³/mol. The number of rotatable bonds is 11. The number of aliphatic hydroxyl groups is 6. The Morgan fingerprint density at radius 2 is 2.00 bits per heavy atom. The molecule has 0 bridgehead atoms. The van der Waals surface area contributed by atoms with Gasteiger partial charge in [-0.25, -0.2) is 13.9 Å². The number of nitrogens with one attached hydrogen (secondary N) is 1. The molecular formula is C20H31N4O16P. The van der Waals surface area contributed by atoms with E-state index in [2.05, 4.69) is 10.3 Å². The lowest BCUT2D eigenvalue weighted by atomic mass is 9.88. The van der Waals surface area contributed by atoms with Crippen molar-refractivity contribution >= 4 is 19.5 Å². The molecule has 1 amide bonds. The first-order chi connectivity index (χ1) is 19.2. The molecule has 4 rings (SSSR count). The van der Waals surface area contributed by atoms with Crippen molar-refractivity contribution in [1.29, 1.82) is 0 Å². The molecule has 11 unspecified atom stereocenters. The molecular weight excluding hydrogens is 583 g/mol. The smallest absolute Gasteiger partial charge is 0.394 e. The van der Waals surface area contributed by atoms with Crippen LogP contribution >= 0.6 is 7.82 Å². The van der Waals surface area contributed by atoms with Gasteiger partial charge in [0.15, 0.2) is 6.23 Å². The molecule has 0 aromatic carbocycles. The Morgan fingerprint density at radius 3 is 2.59 bits per heavy atom. The number of nitrogens with zero attached hydrogens (tertiary/aromatic N) is 2. The molecule has 11 atom stereocenters. The second-order valence-electron chi connectivity index (χ2n) is 9.60. The molecule has 20 nitrogen and oxygen atoms in total. The van der Waals surface area contributed by atoms with E-state index >= 15 is 0 Å². The maximum absolute atomic E-state index is 13.0. The fourth-order valence-electron chi connectivity index (χ4n) is 4.54. The van der Waals surface area contributed by atoms with Crippen molar-refractivity contribution in [2.75, 3.05) is 18.9 Å². The maximum Gasteiger partial charge on any atom is 0.475 e. The van der Waals surface area contributed by atoms with Crippen LogP contribution in [0.5, 0.6) is 0 Å². The molecule has 10 N–H and O–H groups in total. The standard InChI is InChI=1S/C20H31N4O16P/c1-7(26)22-12-8(27)4-20(18-38-39-18,37-16(12)13(29)9(28)5-25)40-41(33,34)35-6-10-14(30)15(31)17(36-10)24-3-2-11(21)23-19(24)32/h2-3,8-10,12-18,25,27-31H,4-6H2,1H3,(H,22,26)(H,33,34)(H2,21,23,32). The van der Waals surface area contributed by atoms with Crippen LogP contribution in [0.3, 0.4) is 0 Å². The minimum atomic E-state index is -5.26. The molecule has 0 aliphatic carbocycles. The monoisotopic (exact) mass is 614 g/mol. The predicted octanol–water partition coefficient (Wildman–Crippen LogP) is -5.07. The Kier molecular flexibility index (Phi) is 9.48. The van der Waals surface area contributed by atoms with Crippen LogP contribution in [0.15, 0.2) is 17.1 Å². The van der Waals surface area contributed by atoms with Gasteiger partial charge in [0.25, 0.3) is 6.29 Å². The topological polar surface area (TPSA) is 311 Å².